The molecule has 0 aliphatic carbocycles. The zero-order valence-electron chi connectivity index (χ0n) is 12.9. The summed E-state index contributed by atoms with van der Waals surface area (Å²) in [5.41, 5.74) is 0.442. The third-order valence-corrected chi connectivity index (χ3v) is 2.65. The highest BCUT2D eigenvalue weighted by molar-refractivity contribution is 5.98. The van der Waals surface area contributed by atoms with Gasteiger partial charge in [-0.25, -0.2) is 4.79 Å². The van der Waals surface area contributed by atoms with Gasteiger partial charge in [-0.2, -0.15) is 0 Å². The third-order valence-electron chi connectivity index (χ3n) is 2.65. The lowest BCUT2D eigenvalue weighted by Crippen LogP contribution is -2.33. The van der Waals surface area contributed by atoms with Crippen LogP contribution in [0.5, 0.6) is 5.75 Å². The molecule has 1 aromatic rings. The first-order valence-corrected chi connectivity index (χ1v) is 6.84. The molecule has 0 spiro atoms. The van der Waals surface area contributed by atoms with E-state index in [9.17, 15) is 14.7 Å². The summed E-state index contributed by atoms with van der Waals surface area (Å²) in [6.45, 7) is 7.21. The van der Waals surface area contributed by atoms with Crippen LogP contribution in [0.4, 0.5) is 4.79 Å². The molecule has 1 heterocycles. The molecule has 0 aliphatic heterocycles. The summed E-state index contributed by atoms with van der Waals surface area (Å²) in [4.78, 5) is 26.8. The van der Waals surface area contributed by atoms with Gasteiger partial charge in [0.1, 0.15) is 11.4 Å². The number of ketones is 1. The molecule has 6 heteroatoms. The lowest BCUT2D eigenvalue weighted by atomic mass is 10.0. The van der Waals surface area contributed by atoms with Crippen molar-refractivity contribution >= 4 is 11.9 Å². The quantitative estimate of drug-likeness (QED) is 0.643. The maximum atomic E-state index is 11.5. The van der Waals surface area contributed by atoms with Gasteiger partial charge >= 0.3 is 6.09 Å². The summed E-state index contributed by atoms with van der Waals surface area (Å²) in [5, 5.41) is 12.3. The van der Waals surface area contributed by atoms with Crippen LogP contribution in [0, 0.1) is 0 Å². The van der Waals surface area contributed by atoms with Gasteiger partial charge in [-0.1, -0.05) is 0 Å². The number of rotatable bonds is 5. The van der Waals surface area contributed by atoms with Crippen LogP contribution in [-0.4, -0.2) is 34.1 Å². The number of carbonyl (C=O) groups excluding carboxylic acids is 2. The number of ether oxygens (including phenoxy) is 1. The molecule has 0 aromatic carbocycles. The Hall–Kier alpha value is -2.11. The highest BCUT2D eigenvalue weighted by Crippen LogP contribution is 2.21. The van der Waals surface area contributed by atoms with Crippen molar-refractivity contribution in [2.45, 2.75) is 46.1 Å². The van der Waals surface area contributed by atoms with Gasteiger partial charge in [0.2, 0.25) is 0 Å². The van der Waals surface area contributed by atoms with Crippen LogP contribution < -0.4 is 5.32 Å². The Bertz CT molecular complexity index is 521. The van der Waals surface area contributed by atoms with Crippen LogP contribution in [0.1, 0.15) is 50.0 Å². The Morgan fingerprint density at radius 1 is 1.33 bits per heavy atom. The Labute approximate surface area is 124 Å². The summed E-state index contributed by atoms with van der Waals surface area (Å²) in [6.07, 6.45) is 3.49. The molecular weight excluding hydrogens is 272 g/mol. The second kappa shape index (κ2) is 7.06. The van der Waals surface area contributed by atoms with Crippen molar-refractivity contribution in [1.82, 2.24) is 10.3 Å². The number of aromatic hydroxyl groups is 1. The van der Waals surface area contributed by atoms with E-state index >= 15 is 0 Å². The zero-order chi connectivity index (χ0) is 16.0. The van der Waals surface area contributed by atoms with Crippen molar-refractivity contribution < 1.29 is 19.4 Å². The molecule has 0 fully saturated rings. The van der Waals surface area contributed by atoms with Gasteiger partial charge in [0.05, 0.1) is 11.8 Å². The van der Waals surface area contributed by atoms with Crippen molar-refractivity contribution in [2.75, 3.05) is 6.54 Å². The molecule has 116 valence electrons. The monoisotopic (exact) mass is 294 g/mol. The van der Waals surface area contributed by atoms with E-state index in [1.165, 1.54) is 13.1 Å². The topological polar surface area (TPSA) is 88.5 Å². The summed E-state index contributed by atoms with van der Waals surface area (Å²) in [5.74, 6) is -0.315. The fourth-order valence-electron chi connectivity index (χ4n) is 1.87. The number of hydrogen-bond acceptors (Lipinski definition) is 5. The fraction of sp³-hybridized carbons (Fsp3) is 0.533. The number of alkyl carbamates (subject to hydrolysis) is 1. The number of aromatic nitrogens is 1. The number of amides is 1. The fourth-order valence-corrected chi connectivity index (χ4v) is 1.87. The largest absolute Gasteiger partial charge is 0.506 e. The summed E-state index contributed by atoms with van der Waals surface area (Å²) in [6, 6.07) is 0. The lowest BCUT2D eigenvalue weighted by molar-refractivity contribution is 0.0527. The first kappa shape index (κ1) is 16.9. The second-order valence-electron chi connectivity index (χ2n) is 5.78. The maximum Gasteiger partial charge on any atom is 0.407 e. The van der Waals surface area contributed by atoms with E-state index in [1.54, 1.807) is 27.0 Å². The van der Waals surface area contributed by atoms with E-state index in [0.29, 0.717) is 30.5 Å². The minimum atomic E-state index is -0.527. The average Bonchev–Trinajstić information content (AvgIpc) is 2.32. The first-order chi connectivity index (χ1) is 9.70. The van der Waals surface area contributed by atoms with E-state index in [0.717, 1.165) is 0 Å². The van der Waals surface area contributed by atoms with E-state index in [-0.39, 0.29) is 11.5 Å². The van der Waals surface area contributed by atoms with Crippen LogP contribution in [0.2, 0.25) is 0 Å². The van der Waals surface area contributed by atoms with Gasteiger partial charge < -0.3 is 15.2 Å². The highest BCUT2D eigenvalue weighted by atomic mass is 16.6. The van der Waals surface area contributed by atoms with Crippen molar-refractivity contribution in [2.24, 2.45) is 0 Å². The standard InChI is InChI=1S/C15H22N2O4/c1-10(18)13-11(8-16-9-12(13)19)6-5-7-17-14(20)21-15(2,3)4/h8-9,19H,5-7H2,1-4H3,(H,17,20). The zero-order valence-corrected chi connectivity index (χ0v) is 12.9. The summed E-state index contributed by atoms with van der Waals surface area (Å²) >= 11 is 0. The molecule has 2 N–H and O–H groups in total. The Morgan fingerprint density at radius 3 is 2.57 bits per heavy atom. The summed E-state index contributed by atoms with van der Waals surface area (Å²) < 4.78 is 5.11. The van der Waals surface area contributed by atoms with Crippen LogP contribution in [-0.2, 0) is 11.2 Å². The highest BCUT2D eigenvalue weighted by Gasteiger charge is 2.16. The number of nitrogens with zero attached hydrogens (tertiary/aromatic N) is 1. The summed E-state index contributed by atoms with van der Waals surface area (Å²) in [7, 11) is 0. The van der Waals surface area contributed by atoms with Crippen LogP contribution in [0.15, 0.2) is 12.4 Å². The first-order valence-electron chi connectivity index (χ1n) is 6.84. The van der Waals surface area contributed by atoms with Crippen LogP contribution in [0.3, 0.4) is 0 Å². The SMILES string of the molecule is CC(=O)c1c(O)cncc1CCCNC(=O)OC(C)(C)C. The maximum absolute atomic E-state index is 11.5. The van der Waals surface area contributed by atoms with Crippen LogP contribution in [0.25, 0.3) is 0 Å². The van der Waals surface area contributed by atoms with E-state index in [4.69, 9.17) is 4.74 Å². The number of pyridine rings is 1. The Kier molecular flexibility index (Phi) is 5.69. The van der Waals surface area contributed by atoms with Crippen molar-refractivity contribution in [3.8, 4) is 5.75 Å². The van der Waals surface area contributed by atoms with Gasteiger partial charge in [0.25, 0.3) is 0 Å². The molecule has 0 aliphatic rings. The molecule has 1 amide bonds. The number of carbonyl (C=O) groups is 2. The molecule has 0 atom stereocenters. The smallest absolute Gasteiger partial charge is 0.407 e. The molecule has 6 nitrogen and oxygen atoms in total. The lowest BCUT2D eigenvalue weighted by Gasteiger charge is -2.19. The van der Waals surface area contributed by atoms with Crippen LogP contribution >= 0.6 is 0 Å². The molecule has 1 aromatic heterocycles. The van der Waals surface area contributed by atoms with E-state index in [2.05, 4.69) is 10.3 Å². The Balaban J connectivity index is 2.49. The number of Topliss-reactive ketones (excluding diaryl/α,β-unsaturated/α-hetero) is 1. The molecular formula is C15H22N2O4. The molecule has 0 radical (unpaired) electrons. The van der Waals surface area contributed by atoms with E-state index < -0.39 is 11.7 Å². The van der Waals surface area contributed by atoms with Crippen molar-refractivity contribution in [3.05, 3.63) is 23.5 Å². The van der Waals surface area contributed by atoms with Gasteiger partial charge in [0, 0.05) is 12.7 Å². The minimum absolute atomic E-state index is 0.111. The molecule has 0 unspecified atom stereocenters. The predicted octanol–water partition coefficient (Wildman–Crippen LogP) is 2.45. The molecule has 0 saturated heterocycles. The third kappa shape index (κ3) is 5.81. The Morgan fingerprint density at radius 2 is 2.00 bits per heavy atom. The normalized spacial score (nSPS) is 11.0. The predicted molar refractivity (Wildman–Crippen MR) is 78.5 cm³/mol. The van der Waals surface area contributed by atoms with Gasteiger partial charge in [-0.05, 0) is 46.1 Å². The molecule has 0 bridgehead atoms. The van der Waals surface area contributed by atoms with Gasteiger partial charge in [-0.3, -0.25) is 9.78 Å². The average molecular weight is 294 g/mol. The number of hydrogen-bond donors (Lipinski definition) is 2. The molecule has 0 saturated carbocycles. The number of nitrogens with one attached hydrogen (secondary N) is 1. The minimum Gasteiger partial charge on any atom is -0.506 e. The van der Waals surface area contributed by atoms with E-state index in [1.807, 2.05) is 0 Å². The van der Waals surface area contributed by atoms with Crippen molar-refractivity contribution in [1.29, 1.82) is 0 Å². The van der Waals surface area contributed by atoms with Gasteiger partial charge in [-0.15, -0.1) is 0 Å². The second-order valence-corrected chi connectivity index (χ2v) is 5.78. The van der Waals surface area contributed by atoms with Gasteiger partial charge in [0.15, 0.2) is 5.78 Å². The molecule has 1 rings (SSSR count). The number of aryl methyl sites for hydroxylation is 1. The van der Waals surface area contributed by atoms with Crippen molar-refractivity contribution in [3.63, 3.8) is 0 Å². The molecule has 21 heavy (non-hydrogen) atoms.